The van der Waals surface area contributed by atoms with Crippen LogP contribution in [-0.2, 0) is 19.1 Å². The maximum Gasteiger partial charge on any atom is 0.417 e. The minimum Gasteiger partial charge on any atom is -0.493 e. The number of alkyl halides is 3. The fourth-order valence-corrected chi connectivity index (χ4v) is 4.45. The van der Waals surface area contributed by atoms with Crippen molar-refractivity contribution in [3.05, 3.63) is 29.3 Å². The van der Waals surface area contributed by atoms with Crippen LogP contribution in [0.2, 0.25) is 0 Å². The fraction of sp³-hybridized carbons (Fsp3) is 0.619. The average Bonchev–Trinajstić information content (AvgIpc) is 3.02. The van der Waals surface area contributed by atoms with Crippen molar-refractivity contribution in [3.8, 4) is 5.75 Å². The van der Waals surface area contributed by atoms with E-state index in [1.807, 2.05) is 0 Å². The van der Waals surface area contributed by atoms with Gasteiger partial charge in [0.1, 0.15) is 12.2 Å². The molecule has 0 radical (unpaired) electrons. The molecule has 0 aromatic heterocycles. The first-order chi connectivity index (χ1) is 15.3. The summed E-state index contributed by atoms with van der Waals surface area (Å²) in [5.41, 5.74) is 2.36. The molecule has 2 aliphatic rings. The molecular weight excluding hydrogens is 455 g/mol. The Morgan fingerprint density at radius 1 is 1.27 bits per heavy atom. The third-order valence-electron chi connectivity index (χ3n) is 6.52. The van der Waals surface area contributed by atoms with Crippen molar-refractivity contribution < 1.29 is 45.8 Å². The lowest BCUT2D eigenvalue weighted by Crippen LogP contribution is -2.50. The zero-order valence-corrected chi connectivity index (χ0v) is 18.2. The van der Waals surface area contributed by atoms with E-state index in [0.717, 1.165) is 26.2 Å². The van der Waals surface area contributed by atoms with Crippen molar-refractivity contribution in [2.45, 2.75) is 62.6 Å². The molecule has 0 saturated carbocycles. The molecule has 2 amide bonds. The van der Waals surface area contributed by atoms with E-state index in [0.29, 0.717) is 6.42 Å². The number of carbonyl (C=O) groups is 2. The van der Waals surface area contributed by atoms with Gasteiger partial charge < -0.3 is 25.3 Å². The van der Waals surface area contributed by atoms with Gasteiger partial charge in [-0.15, -0.1) is 0 Å². The van der Waals surface area contributed by atoms with Gasteiger partial charge in [-0.1, -0.05) is 13.0 Å². The maximum atomic E-state index is 14.4. The molecule has 184 valence electrons. The number of amides is 2. The zero-order valence-electron chi connectivity index (χ0n) is 18.2. The van der Waals surface area contributed by atoms with Gasteiger partial charge in [-0.25, -0.2) is 4.39 Å². The minimum atomic E-state index is -4.86. The molecule has 0 aliphatic carbocycles. The second-order valence-corrected chi connectivity index (χ2v) is 8.43. The highest BCUT2D eigenvalue weighted by atomic mass is 19.4. The first-order valence-electron chi connectivity index (χ1n) is 10.3. The Morgan fingerprint density at radius 2 is 1.94 bits per heavy atom. The summed E-state index contributed by atoms with van der Waals surface area (Å²) in [5.74, 6) is -7.51. The molecule has 7 nitrogen and oxygen atoms in total. The minimum absolute atomic E-state index is 0.0407. The number of primary amides is 1. The Labute approximate surface area is 186 Å². The van der Waals surface area contributed by atoms with Gasteiger partial charge in [-0.2, -0.15) is 17.6 Å². The second-order valence-electron chi connectivity index (χ2n) is 8.43. The molecule has 2 unspecified atom stereocenters. The molecule has 2 saturated heterocycles. The van der Waals surface area contributed by atoms with Crippen LogP contribution in [0.4, 0.5) is 22.0 Å². The van der Waals surface area contributed by atoms with E-state index in [1.165, 1.54) is 6.92 Å². The summed E-state index contributed by atoms with van der Waals surface area (Å²) in [4.78, 5) is 24.5. The maximum absolute atomic E-state index is 14.4. The number of nitrogens with two attached hydrogens (primary N) is 1. The number of halogens is 5. The Morgan fingerprint density at radius 3 is 2.52 bits per heavy atom. The van der Waals surface area contributed by atoms with Gasteiger partial charge in [0, 0.05) is 36.5 Å². The van der Waals surface area contributed by atoms with Crippen molar-refractivity contribution in [2.75, 3.05) is 13.7 Å². The molecule has 3 rings (SSSR count). The second kappa shape index (κ2) is 9.05. The van der Waals surface area contributed by atoms with Crippen LogP contribution in [0.5, 0.6) is 5.75 Å². The molecule has 0 bridgehead atoms. The summed E-state index contributed by atoms with van der Waals surface area (Å²) in [6.45, 7) is 2.15. The monoisotopic (exact) mass is 480 g/mol. The molecule has 1 aromatic carbocycles. The number of ether oxygens (including phenoxy) is 3. The predicted octanol–water partition coefficient (Wildman–Crippen LogP) is 2.56. The van der Waals surface area contributed by atoms with Crippen molar-refractivity contribution in [3.63, 3.8) is 0 Å². The van der Waals surface area contributed by atoms with Crippen molar-refractivity contribution in [1.29, 1.82) is 0 Å². The quantitative estimate of drug-likeness (QED) is 0.632. The van der Waals surface area contributed by atoms with Crippen LogP contribution in [-0.4, -0.2) is 55.6 Å². The zero-order chi connectivity index (χ0) is 24.7. The number of benzene rings is 1. The van der Waals surface area contributed by atoms with E-state index >= 15 is 0 Å². The van der Waals surface area contributed by atoms with Crippen molar-refractivity contribution in [2.24, 2.45) is 11.7 Å². The van der Waals surface area contributed by atoms with Crippen molar-refractivity contribution >= 4 is 11.8 Å². The Kier molecular flexibility index (Phi) is 6.90. The van der Waals surface area contributed by atoms with Crippen LogP contribution >= 0.6 is 0 Å². The van der Waals surface area contributed by atoms with Gasteiger partial charge in [0.15, 0.2) is 17.2 Å². The third-order valence-corrected chi connectivity index (χ3v) is 6.52. The predicted molar refractivity (Wildman–Crippen MR) is 104 cm³/mol. The molecule has 3 N–H and O–H groups in total. The Bertz CT molecular complexity index is 927. The molecular formula is C21H25F5N2O5. The lowest BCUT2D eigenvalue weighted by atomic mass is 9.76. The van der Waals surface area contributed by atoms with Gasteiger partial charge in [-0.05, 0) is 19.4 Å². The van der Waals surface area contributed by atoms with E-state index in [4.69, 9.17) is 19.9 Å². The van der Waals surface area contributed by atoms with E-state index in [2.05, 4.69) is 5.32 Å². The van der Waals surface area contributed by atoms with Gasteiger partial charge in [-0.3, -0.25) is 9.59 Å². The topological polar surface area (TPSA) is 99.9 Å². The SMILES string of the molecule is COc1c([C@H]2[C@H](C(=O)NC3CCOC(C(N)=O)C3)O[C@@](C)(C(F)(F)F)[C@H]2C)ccc(F)c1F. The van der Waals surface area contributed by atoms with Crippen LogP contribution in [0.25, 0.3) is 0 Å². The largest absolute Gasteiger partial charge is 0.493 e. The fourth-order valence-electron chi connectivity index (χ4n) is 4.45. The van der Waals surface area contributed by atoms with Crippen LogP contribution in [0.15, 0.2) is 12.1 Å². The van der Waals surface area contributed by atoms with E-state index < -0.39 is 71.1 Å². The molecule has 12 heteroatoms. The van der Waals surface area contributed by atoms with Gasteiger partial charge in [0.2, 0.25) is 17.6 Å². The highest BCUT2D eigenvalue weighted by molar-refractivity contribution is 5.83. The summed E-state index contributed by atoms with van der Waals surface area (Å²) in [5, 5.41) is 2.59. The van der Waals surface area contributed by atoms with E-state index in [1.54, 1.807) is 0 Å². The number of hydrogen-bond donors (Lipinski definition) is 2. The third kappa shape index (κ3) is 4.50. The lowest BCUT2D eigenvalue weighted by molar-refractivity contribution is -0.272. The number of hydrogen-bond acceptors (Lipinski definition) is 5. The van der Waals surface area contributed by atoms with Gasteiger partial charge in [0.25, 0.3) is 0 Å². The number of carbonyl (C=O) groups excluding carboxylic acids is 2. The van der Waals surface area contributed by atoms with Crippen molar-refractivity contribution in [1.82, 2.24) is 5.32 Å². The highest BCUT2D eigenvalue weighted by Crippen LogP contribution is 2.54. The molecule has 2 fully saturated rings. The summed E-state index contributed by atoms with van der Waals surface area (Å²) in [6, 6.07) is 1.24. The van der Waals surface area contributed by atoms with Gasteiger partial charge in [0.05, 0.1) is 7.11 Å². The standard InChI is InChI=1S/C21H25F5N2O5/c1-9-14(11-4-5-12(22)15(23)16(11)31-3)17(33-20(9,2)21(24,25)26)19(30)28-10-6-7-32-13(8-10)18(27)29/h4-5,9-10,13-14,17H,6-8H2,1-3H3,(H2,27,29)(H,28,30)/t9-,10?,13?,14-,17+,20+/m0/s1. The molecule has 33 heavy (non-hydrogen) atoms. The van der Waals surface area contributed by atoms with Crippen LogP contribution in [0, 0.1) is 17.6 Å². The average molecular weight is 480 g/mol. The molecule has 6 atom stereocenters. The Balaban J connectivity index is 1.98. The van der Waals surface area contributed by atoms with E-state index in [9.17, 15) is 31.5 Å². The summed E-state index contributed by atoms with van der Waals surface area (Å²) in [7, 11) is 1.05. The lowest BCUT2D eigenvalue weighted by Gasteiger charge is -2.32. The number of rotatable bonds is 5. The molecule has 2 heterocycles. The number of nitrogens with one attached hydrogen (secondary N) is 1. The van der Waals surface area contributed by atoms with Crippen LogP contribution in [0.3, 0.4) is 0 Å². The summed E-state index contributed by atoms with van der Waals surface area (Å²) < 4.78 is 85.4. The highest BCUT2D eigenvalue weighted by Gasteiger charge is 2.66. The first kappa shape index (κ1) is 25.2. The molecule has 2 aliphatic heterocycles. The van der Waals surface area contributed by atoms with Gasteiger partial charge >= 0.3 is 6.18 Å². The first-order valence-corrected chi connectivity index (χ1v) is 10.3. The van der Waals surface area contributed by atoms with Crippen LogP contribution in [0.1, 0.15) is 38.2 Å². The normalized spacial score (nSPS) is 32.4. The molecule has 1 aromatic rings. The molecule has 0 spiro atoms. The van der Waals surface area contributed by atoms with Crippen LogP contribution < -0.4 is 15.8 Å². The summed E-state index contributed by atoms with van der Waals surface area (Å²) in [6.07, 6.45) is -7.16. The Hall–Kier alpha value is -2.47. The summed E-state index contributed by atoms with van der Waals surface area (Å²) >= 11 is 0. The smallest absolute Gasteiger partial charge is 0.417 e. The van der Waals surface area contributed by atoms with E-state index in [-0.39, 0.29) is 18.6 Å². The number of methoxy groups -OCH3 is 1.